The summed E-state index contributed by atoms with van der Waals surface area (Å²) in [4.78, 5) is 10.5. The average molecular weight is 229 g/mol. The standard InChI is InChI=1S/C8H11N3O3S/c1-15(14,10-11(12)13)8-4-2-7(6-9)3-5-8/h2-5H,6,9H2,1H3. The van der Waals surface area contributed by atoms with Crippen LogP contribution in [-0.2, 0) is 16.3 Å². The molecule has 0 amide bonds. The molecule has 0 fully saturated rings. The monoisotopic (exact) mass is 229 g/mol. The number of hydrogen-bond acceptors (Lipinski definition) is 4. The number of nitro groups is 1. The highest BCUT2D eigenvalue weighted by molar-refractivity contribution is 7.92. The highest BCUT2D eigenvalue weighted by Gasteiger charge is 2.10. The van der Waals surface area contributed by atoms with Gasteiger partial charge in [-0.25, -0.2) is 14.3 Å². The summed E-state index contributed by atoms with van der Waals surface area (Å²) >= 11 is 0. The molecule has 1 unspecified atom stereocenters. The number of benzene rings is 1. The van der Waals surface area contributed by atoms with Gasteiger partial charge in [0.05, 0.1) is 4.90 Å². The molecule has 0 aromatic heterocycles. The maximum Gasteiger partial charge on any atom is 0.200 e. The molecule has 6 nitrogen and oxygen atoms in total. The molecule has 0 aliphatic heterocycles. The second-order valence-electron chi connectivity index (χ2n) is 2.97. The van der Waals surface area contributed by atoms with E-state index in [1.54, 1.807) is 12.1 Å². The summed E-state index contributed by atoms with van der Waals surface area (Å²) < 4.78 is 14.7. The SMILES string of the molecule is CS(=O)(=N[N+](=O)[O-])c1ccc(CN)cc1. The van der Waals surface area contributed by atoms with Crippen molar-refractivity contribution >= 4 is 9.73 Å². The lowest BCUT2D eigenvalue weighted by atomic mass is 10.2. The van der Waals surface area contributed by atoms with E-state index in [9.17, 15) is 14.3 Å². The van der Waals surface area contributed by atoms with Crippen LogP contribution in [0.3, 0.4) is 0 Å². The largest absolute Gasteiger partial charge is 0.326 e. The average Bonchev–Trinajstić information content (AvgIpc) is 2.16. The van der Waals surface area contributed by atoms with Crippen LogP contribution in [0.15, 0.2) is 33.6 Å². The van der Waals surface area contributed by atoms with Gasteiger partial charge >= 0.3 is 0 Å². The molecule has 0 heterocycles. The Labute approximate surface area is 87.4 Å². The predicted octanol–water partition coefficient (Wildman–Crippen LogP) is 0.794. The Morgan fingerprint density at radius 3 is 2.40 bits per heavy atom. The van der Waals surface area contributed by atoms with Crippen molar-refractivity contribution in [2.24, 2.45) is 10.2 Å². The molecule has 0 saturated heterocycles. The molecular weight excluding hydrogens is 218 g/mol. The van der Waals surface area contributed by atoms with Crippen LogP contribution in [0, 0.1) is 10.1 Å². The summed E-state index contributed by atoms with van der Waals surface area (Å²) in [6.45, 7) is 0.373. The fourth-order valence-electron chi connectivity index (χ4n) is 1.05. The van der Waals surface area contributed by atoms with E-state index < -0.39 is 14.8 Å². The lowest BCUT2D eigenvalue weighted by Crippen LogP contribution is -2.02. The van der Waals surface area contributed by atoms with Crippen molar-refractivity contribution in [2.75, 3.05) is 6.26 Å². The summed E-state index contributed by atoms with van der Waals surface area (Å²) in [6, 6.07) is 6.43. The first-order valence-electron chi connectivity index (χ1n) is 4.11. The van der Waals surface area contributed by atoms with E-state index in [-0.39, 0.29) is 0 Å². The fourth-order valence-corrected chi connectivity index (χ4v) is 2.04. The summed E-state index contributed by atoms with van der Waals surface area (Å²) in [5.41, 5.74) is 6.26. The minimum absolute atomic E-state index is 0.330. The van der Waals surface area contributed by atoms with Crippen molar-refractivity contribution in [3.05, 3.63) is 39.9 Å². The van der Waals surface area contributed by atoms with Crippen LogP contribution in [0.2, 0.25) is 0 Å². The molecular formula is C8H11N3O3S. The van der Waals surface area contributed by atoms with Crippen molar-refractivity contribution in [3.63, 3.8) is 0 Å². The van der Waals surface area contributed by atoms with Crippen molar-refractivity contribution in [1.29, 1.82) is 0 Å². The van der Waals surface area contributed by atoms with Crippen LogP contribution < -0.4 is 5.73 Å². The van der Waals surface area contributed by atoms with Crippen LogP contribution in [-0.4, -0.2) is 15.5 Å². The Hall–Kier alpha value is -1.47. The van der Waals surface area contributed by atoms with Gasteiger partial charge in [0.1, 0.15) is 14.2 Å². The molecule has 0 aliphatic carbocycles. The van der Waals surface area contributed by atoms with E-state index in [4.69, 9.17) is 5.73 Å². The van der Waals surface area contributed by atoms with Gasteiger partial charge in [0.25, 0.3) is 0 Å². The van der Waals surface area contributed by atoms with Gasteiger partial charge in [-0.1, -0.05) is 12.1 Å². The third-order valence-electron chi connectivity index (χ3n) is 1.82. The molecule has 82 valence electrons. The third-order valence-corrected chi connectivity index (χ3v) is 3.41. The Balaban J connectivity index is 3.17. The molecule has 2 N–H and O–H groups in total. The van der Waals surface area contributed by atoms with Crippen LogP contribution in [0.1, 0.15) is 5.56 Å². The molecule has 1 aromatic rings. The van der Waals surface area contributed by atoms with Crippen molar-refractivity contribution < 1.29 is 9.24 Å². The summed E-state index contributed by atoms with van der Waals surface area (Å²) in [7, 11) is -2.95. The molecule has 0 radical (unpaired) electrons. The van der Waals surface area contributed by atoms with Gasteiger partial charge < -0.3 is 5.73 Å². The zero-order valence-corrected chi connectivity index (χ0v) is 8.94. The Morgan fingerprint density at radius 1 is 1.47 bits per heavy atom. The number of rotatable bonds is 3. The zero-order chi connectivity index (χ0) is 11.5. The molecule has 7 heteroatoms. The van der Waals surface area contributed by atoms with E-state index in [1.165, 1.54) is 18.4 Å². The second kappa shape index (κ2) is 4.37. The maximum absolute atomic E-state index is 11.8. The minimum atomic E-state index is -2.95. The predicted molar refractivity (Wildman–Crippen MR) is 56.1 cm³/mol. The number of nitrogens with zero attached hydrogens (tertiary/aromatic N) is 2. The Morgan fingerprint density at radius 2 is 2.00 bits per heavy atom. The molecule has 0 bridgehead atoms. The van der Waals surface area contributed by atoms with E-state index in [0.29, 0.717) is 11.4 Å². The molecule has 1 rings (SSSR count). The normalized spacial score (nSPS) is 14.3. The quantitative estimate of drug-likeness (QED) is 0.612. The topological polar surface area (TPSA) is 98.6 Å². The van der Waals surface area contributed by atoms with Crippen LogP contribution in [0.4, 0.5) is 0 Å². The second-order valence-corrected chi connectivity index (χ2v) is 5.21. The smallest absolute Gasteiger partial charge is 0.200 e. The van der Waals surface area contributed by atoms with E-state index in [1.807, 2.05) is 0 Å². The Bertz CT molecular complexity index is 474. The lowest BCUT2D eigenvalue weighted by Gasteiger charge is -2.01. The van der Waals surface area contributed by atoms with Gasteiger partial charge in [-0.3, -0.25) is 0 Å². The van der Waals surface area contributed by atoms with E-state index in [0.717, 1.165) is 5.56 Å². The lowest BCUT2D eigenvalue weighted by molar-refractivity contribution is -0.482. The highest BCUT2D eigenvalue weighted by Crippen LogP contribution is 2.12. The van der Waals surface area contributed by atoms with Crippen molar-refractivity contribution in [2.45, 2.75) is 11.4 Å². The molecule has 1 aromatic carbocycles. The molecule has 0 aliphatic rings. The summed E-state index contributed by atoms with van der Waals surface area (Å²) in [5.74, 6) is 0. The van der Waals surface area contributed by atoms with E-state index in [2.05, 4.69) is 4.47 Å². The van der Waals surface area contributed by atoms with Crippen LogP contribution in [0.5, 0.6) is 0 Å². The third kappa shape index (κ3) is 3.00. The van der Waals surface area contributed by atoms with Gasteiger partial charge in [0.15, 0.2) is 5.03 Å². The van der Waals surface area contributed by atoms with E-state index >= 15 is 0 Å². The highest BCUT2D eigenvalue weighted by atomic mass is 32.2. The van der Waals surface area contributed by atoms with Crippen LogP contribution in [0.25, 0.3) is 0 Å². The minimum Gasteiger partial charge on any atom is -0.326 e. The van der Waals surface area contributed by atoms with Gasteiger partial charge in [0.2, 0.25) is 0 Å². The molecule has 15 heavy (non-hydrogen) atoms. The zero-order valence-electron chi connectivity index (χ0n) is 8.12. The fraction of sp³-hybridized carbons (Fsp3) is 0.250. The van der Waals surface area contributed by atoms with Gasteiger partial charge in [-0.2, -0.15) is 0 Å². The van der Waals surface area contributed by atoms with Crippen molar-refractivity contribution in [3.8, 4) is 0 Å². The first-order chi connectivity index (χ1) is 6.95. The summed E-state index contributed by atoms with van der Waals surface area (Å²) in [5, 5.41) is 9.22. The molecule has 0 saturated carbocycles. The molecule has 0 spiro atoms. The Kier molecular flexibility index (Phi) is 3.38. The van der Waals surface area contributed by atoms with Gasteiger partial charge in [0, 0.05) is 12.8 Å². The summed E-state index contributed by atoms with van der Waals surface area (Å²) in [6.07, 6.45) is 1.23. The molecule has 1 atom stereocenters. The van der Waals surface area contributed by atoms with Gasteiger partial charge in [-0.15, -0.1) is 0 Å². The first-order valence-corrected chi connectivity index (χ1v) is 6.03. The van der Waals surface area contributed by atoms with Crippen molar-refractivity contribution in [1.82, 2.24) is 0 Å². The number of hydrogen-bond donors (Lipinski definition) is 1. The first kappa shape index (κ1) is 11.6. The maximum atomic E-state index is 11.8. The number of nitrogens with two attached hydrogens (primary N) is 1. The van der Waals surface area contributed by atoms with Gasteiger partial charge in [-0.05, 0) is 17.7 Å². The van der Waals surface area contributed by atoms with Crippen LogP contribution >= 0.6 is 0 Å².